The van der Waals surface area contributed by atoms with Crippen molar-refractivity contribution >= 4 is 46.3 Å². The normalized spacial score (nSPS) is 15.1. The average Bonchev–Trinajstić information content (AvgIpc) is 3.12. The minimum atomic E-state index is -0.106. The number of fused-ring (bicyclic) bond motifs is 2. The number of hydrogen-bond donors (Lipinski definition) is 2. The van der Waals surface area contributed by atoms with Crippen LogP contribution in [-0.2, 0) is 9.53 Å². The number of piperazine rings is 1. The molecule has 3 heterocycles. The van der Waals surface area contributed by atoms with Crippen LogP contribution in [0.5, 0.6) is 5.75 Å². The van der Waals surface area contributed by atoms with E-state index in [9.17, 15) is 9.59 Å². The van der Waals surface area contributed by atoms with Crippen molar-refractivity contribution in [2.45, 2.75) is 13.3 Å². The topological polar surface area (TPSA) is 115 Å². The van der Waals surface area contributed by atoms with Crippen LogP contribution in [0.1, 0.15) is 23.7 Å². The Balaban J connectivity index is 1.20. The van der Waals surface area contributed by atoms with E-state index in [2.05, 4.69) is 31.5 Å². The maximum Gasteiger partial charge on any atom is 0.260 e. The number of benzene rings is 2. The molecule has 2 amide bonds. The first-order chi connectivity index (χ1) is 20.9. The first-order valence-corrected chi connectivity index (χ1v) is 14.6. The molecule has 12 nitrogen and oxygen atoms in total. The van der Waals surface area contributed by atoms with E-state index in [-0.39, 0.29) is 11.8 Å². The van der Waals surface area contributed by atoms with E-state index >= 15 is 0 Å². The van der Waals surface area contributed by atoms with Crippen LogP contribution in [0.2, 0.25) is 0 Å². The zero-order chi connectivity index (χ0) is 30.3. The fraction of sp³-hybridized carbons (Fsp3) is 0.419. The lowest BCUT2D eigenvalue weighted by molar-refractivity contribution is -0.121. The van der Waals surface area contributed by atoms with E-state index in [0.717, 1.165) is 49.8 Å². The lowest BCUT2D eigenvalue weighted by Crippen LogP contribution is -2.47. The van der Waals surface area contributed by atoms with Crippen LogP contribution < -0.4 is 30.1 Å². The summed E-state index contributed by atoms with van der Waals surface area (Å²) in [4.78, 5) is 41.9. The zero-order valence-electron chi connectivity index (χ0n) is 25.3. The van der Waals surface area contributed by atoms with Gasteiger partial charge in [-0.25, -0.2) is 4.98 Å². The predicted octanol–water partition coefficient (Wildman–Crippen LogP) is 3.25. The summed E-state index contributed by atoms with van der Waals surface area (Å²) in [6.45, 7) is 8.12. The van der Waals surface area contributed by atoms with Crippen LogP contribution in [0.3, 0.4) is 0 Å². The molecule has 0 aliphatic carbocycles. The Labute approximate surface area is 252 Å². The Morgan fingerprint density at radius 2 is 1.79 bits per heavy atom. The van der Waals surface area contributed by atoms with Crippen LogP contribution in [0.15, 0.2) is 48.7 Å². The van der Waals surface area contributed by atoms with Gasteiger partial charge in [-0.05, 0) is 24.3 Å². The number of anilines is 6. The molecule has 12 heteroatoms. The molecule has 0 radical (unpaired) electrons. The summed E-state index contributed by atoms with van der Waals surface area (Å²) in [6, 6.07) is 13.6. The van der Waals surface area contributed by atoms with E-state index < -0.39 is 0 Å². The summed E-state index contributed by atoms with van der Waals surface area (Å²) in [5.74, 6) is 1.66. The number of carbonyl (C=O) groups is 2. The van der Waals surface area contributed by atoms with Crippen molar-refractivity contribution in [3.63, 3.8) is 0 Å². The maximum atomic E-state index is 13.1. The molecule has 43 heavy (non-hydrogen) atoms. The van der Waals surface area contributed by atoms with Crippen molar-refractivity contribution in [1.29, 1.82) is 0 Å². The lowest BCUT2D eigenvalue weighted by Gasteiger charge is -2.36. The molecule has 1 aromatic heterocycles. The molecule has 2 N–H and O–H groups in total. The predicted molar refractivity (Wildman–Crippen MR) is 168 cm³/mol. The average molecular weight is 589 g/mol. The van der Waals surface area contributed by atoms with Gasteiger partial charge in [-0.1, -0.05) is 19.1 Å². The van der Waals surface area contributed by atoms with Gasteiger partial charge in [0.05, 0.1) is 43.5 Å². The Morgan fingerprint density at radius 3 is 2.56 bits per heavy atom. The number of rotatable bonds is 11. The molecule has 2 aliphatic heterocycles. The molecular weight excluding hydrogens is 548 g/mol. The minimum absolute atomic E-state index is 0.0496. The van der Waals surface area contributed by atoms with Crippen molar-refractivity contribution in [2.24, 2.45) is 0 Å². The van der Waals surface area contributed by atoms with Crippen LogP contribution in [0, 0.1) is 0 Å². The van der Waals surface area contributed by atoms with Gasteiger partial charge in [0, 0.05) is 71.5 Å². The number of nitrogens with one attached hydrogen (secondary N) is 2. The van der Waals surface area contributed by atoms with Crippen molar-refractivity contribution in [3.8, 4) is 5.75 Å². The Kier molecular flexibility index (Phi) is 9.58. The molecule has 0 bridgehead atoms. The number of methoxy groups -OCH3 is 1. The third-order valence-electron chi connectivity index (χ3n) is 7.84. The van der Waals surface area contributed by atoms with Gasteiger partial charge < -0.3 is 34.8 Å². The SMILES string of the molecule is CCC(=O)NCCOCCN1CCN(c2ccc(Nc3ncc4c(n3)N(C)c3ccccc3C(=O)N4C)c(OC)c2)CC1. The third kappa shape index (κ3) is 6.81. The molecule has 1 saturated heterocycles. The summed E-state index contributed by atoms with van der Waals surface area (Å²) in [6.07, 6.45) is 2.16. The van der Waals surface area contributed by atoms with E-state index in [4.69, 9.17) is 14.5 Å². The van der Waals surface area contributed by atoms with Crippen LogP contribution in [0.4, 0.5) is 34.5 Å². The van der Waals surface area contributed by atoms with Gasteiger partial charge in [0.25, 0.3) is 5.91 Å². The summed E-state index contributed by atoms with van der Waals surface area (Å²) < 4.78 is 11.4. The fourth-order valence-electron chi connectivity index (χ4n) is 5.27. The highest BCUT2D eigenvalue weighted by molar-refractivity contribution is 6.13. The highest BCUT2D eigenvalue weighted by Gasteiger charge is 2.29. The molecule has 0 unspecified atom stereocenters. The van der Waals surface area contributed by atoms with Gasteiger partial charge in [-0.2, -0.15) is 4.98 Å². The van der Waals surface area contributed by atoms with E-state index in [0.29, 0.717) is 54.9 Å². The number of carbonyl (C=O) groups excluding carboxylic acids is 2. The van der Waals surface area contributed by atoms with Gasteiger partial charge >= 0.3 is 0 Å². The molecule has 0 atom stereocenters. The van der Waals surface area contributed by atoms with Crippen LogP contribution in [0.25, 0.3) is 0 Å². The molecular formula is C31H40N8O4. The monoisotopic (exact) mass is 588 g/mol. The number of hydrogen-bond acceptors (Lipinski definition) is 10. The molecule has 3 aromatic rings. The highest BCUT2D eigenvalue weighted by Crippen LogP contribution is 2.39. The molecule has 5 rings (SSSR count). The molecule has 2 aliphatic rings. The second-order valence-electron chi connectivity index (χ2n) is 10.5. The number of aromatic nitrogens is 2. The second-order valence-corrected chi connectivity index (χ2v) is 10.5. The molecule has 0 saturated carbocycles. The summed E-state index contributed by atoms with van der Waals surface area (Å²) in [7, 11) is 5.29. The quantitative estimate of drug-likeness (QED) is 0.324. The number of ether oxygens (including phenoxy) is 2. The Bertz CT molecular complexity index is 1440. The second kappa shape index (κ2) is 13.7. The third-order valence-corrected chi connectivity index (χ3v) is 7.84. The fourth-order valence-corrected chi connectivity index (χ4v) is 5.27. The highest BCUT2D eigenvalue weighted by atomic mass is 16.5. The Morgan fingerprint density at radius 1 is 1.00 bits per heavy atom. The van der Waals surface area contributed by atoms with Crippen LogP contribution >= 0.6 is 0 Å². The van der Waals surface area contributed by atoms with Gasteiger partial charge in [0.15, 0.2) is 5.82 Å². The Hall–Kier alpha value is -4.42. The van der Waals surface area contributed by atoms with Gasteiger partial charge in [-0.15, -0.1) is 0 Å². The van der Waals surface area contributed by atoms with Crippen molar-refractivity contribution in [3.05, 3.63) is 54.2 Å². The van der Waals surface area contributed by atoms with E-state index in [1.165, 1.54) is 0 Å². The number of nitrogens with zero attached hydrogens (tertiary/aromatic N) is 6. The largest absolute Gasteiger partial charge is 0.494 e. The standard InChI is InChI=1S/C31H40N8O4/c1-5-28(40)32-12-18-43-19-17-38-13-15-39(16-14-38)22-10-11-24(27(20-22)42-4)34-31-33-21-26-29(35-31)36(2)25-9-7-6-8-23(25)30(41)37(26)3/h6-11,20-21H,5,12-19H2,1-4H3,(H,32,40)(H,33,34,35). The van der Waals surface area contributed by atoms with E-state index in [1.807, 2.05) is 55.3 Å². The lowest BCUT2D eigenvalue weighted by atomic mass is 10.1. The van der Waals surface area contributed by atoms with Crippen LogP contribution in [-0.4, -0.2) is 100 Å². The molecule has 0 spiro atoms. The van der Waals surface area contributed by atoms with Gasteiger partial charge in [-0.3, -0.25) is 14.5 Å². The van der Waals surface area contributed by atoms with Gasteiger partial charge in [0.2, 0.25) is 11.9 Å². The molecule has 2 aromatic carbocycles. The smallest absolute Gasteiger partial charge is 0.260 e. The minimum Gasteiger partial charge on any atom is -0.494 e. The summed E-state index contributed by atoms with van der Waals surface area (Å²) in [5.41, 5.74) is 3.86. The maximum absolute atomic E-state index is 13.1. The van der Waals surface area contributed by atoms with Crippen molar-refractivity contribution < 1.29 is 19.1 Å². The number of para-hydroxylation sites is 1. The summed E-state index contributed by atoms with van der Waals surface area (Å²) in [5, 5.41) is 6.13. The zero-order valence-corrected chi connectivity index (χ0v) is 25.3. The number of amides is 2. The first kappa shape index (κ1) is 30.1. The molecule has 1 fully saturated rings. The van der Waals surface area contributed by atoms with Crippen molar-refractivity contribution in [2.75, 3.05) is 93.7 Å². The van der Waals surface area contributed by atoms with E-state index in [1.54, 1.807) is 25.3 Å². The van der Waals surface area contributed by atoms with Gasteiger partial charge in [0.1, 0.15) is 11.4 Å². The first-order valence-electron chi connectivity index (χ1n) is 14.6. The van der Waals surface area contributed by atoms with Crippen molar-refractivity contribution in [1.82, 2.24) is 20.2 Å². The molecule has 228 valence electrons. The summed E-state index contributed by atoms with van der Waals surface area (Å²) >= 11 is 0.